The standard InChI is InChI=1S/C12H17NO4/c1-9(2)8-16-6-7-17-11-5-3-4-10(13-11)12(14)15/h3-5,9H,6-8H2,1-2H3,(H,14,15). The number of hydrogen-bond donors (Lipinski definition) is 1. The Morgan fingerprint density at radius 2 is 2.18 bits per heavy atom. The molecule has 0 bridgehead atoms. The van der Waals surface area contributed by atoms with Crippen LogP contribution >= 0.6 is 0 Å². The highest BCUT2D eigenvalue weighted by atomic mass is 16.5. The van der Waals surface area contributed by atoms with E-state index in [1.165, 1.54) is 6.07 Å². The second kappa shape index (κ2) is 6.85. The fourth-order valence-corrected chi connectivity index (χ4v) is 1.14. The first-order valence-corrected chi connectivity index (χ1v) is 5.50. The van der Waals surface area contributed by atoms with Gasteiger partial charge in [-0.2, -0.15) is 0 Å². The summed E-state index contributed by atoms with van der Waals surface area (Å²) in [4.78, 5) is 14.5. The Morgan fingerprint density at radius 3 is 2.82 bits per heavy atom. The Labute approximate surface area is 100 Å². The van der Waals surface area contributed by atoms with Crippen molar-refractivity contribution < 1.29 is 19.4 Å². The molecule has 0 unspecified atom stereocenters. The van der Waals surface area contributed by atoms with Crippen molar-refractivity contribution in [2.45, 2.75) is 13.8 Å². The lowest BCUT2D eigenvalue weighted by Crippen LogP contribution is -2.11. The fourth-order valence-electron chi connectivity index (χ4n) is 1.14. The third-order valence-corrected chi connectivity index (χ3v) is 1.87. The van der Waals surface area contributed by atoms with Crippen LogP contribution in [-0.4, -0.2) is 35.9 Å². The van der Waals surface area contributed by atoms with E-state index >= 15 is 0 Å². The second-order valence-corrected chi connectivity index (χ2v) is 3.98. The smallest absolute Gasteiger partial charge is 0.354 e. The number of ether oxygens (including phenoxy) is 2. The van der Waals surface area contributed by atoms with E-state index in [1.807, 2.05) is 0 Å². The Hall–Kier alpha value is -1.62. The molecule has 1 heterocycles. The molecule has 0 aliphatic carbocycles. The highest BCUT2D eigenvalue weighted by molar-refractivity contribution is 5.85. The van der Waals surface area contributed by atoms with Crippen molar-refractivity contribution >= 4 is 5.97 Å². The Bertz CT molecular complexity index is 365. The van der Waals surface area contributed by atoms with Gasteiger partial charge < -0.3 is 14.6 Å². The van der Waals surface area contributed by atoms with Crippen LogP contribution in [0.4, 0.5) is 0 Å². The van der Waals surface area contributed by atoms with Gasteiger partial charge in [-0.1, -0.05) is 19.9 Å². The van der Waals surface area contributed by atoms with E-state index in [-0.39, 0.29) is 5.69 Å². The zero-order valence-electron chi connectivity index (χ0n) is 10.0. The summed E-state index contributed by atoms with van der Waals surface area (Å²) in [6, 6.07) is 4.64. The fraction of sp³-hybridized carbons (Fsp3) is 0.500. The van der Waals surface area contributed by atoms with E-state index < -0.39 is 5.97 Å². The van der Waals surface area contributed by atoms with Crippen LogP contribution in [0.3, 0.4) is 0 Å². The van der Waals surface area contributed by atoms with E-state index in [0.29, 0.717) is 31.6 Å². The second-order valence-electron chi connectivity index (χ2n) is 3.98. The van der Waals surface area contributed by atoms with Crippen LogP contribution in [-0.2, 0) is 4.74 Å². The van der Waals surface area contributed by atoms with Gasteiger partial charge >= 0.3 is 5.97 Å². The maximum absolute atomic E-state index is 10.7. The van der Waals surface area contributed by atoms with Crippen molar-refractivity contribution in [2.24, 2.45) is 5.92 Å². The number of rotatable bonds is 7. The van der Waals surface area contributed by atoms with Gasteiger partial charge in [0.1, 0.15) is 6.61 Å². The summed E-state index contributed by atoms with van der Waals surface area (Å²) in [6.45, 7) is 5.66. The number of hydrogen-bond acceptors (Lipinski definition) is 4. The average molecular weight is 239 g/mol. The zero-order valence-corrected chi connectivity index (χ0v) is 10.0. The molecule has 0 radical (unpaired) electrons. The molecule has 0 atom stereocenters. The van der Waals surface area contributed by atoms with Crippen LogP contribution < -0.4 is 4.74 Å². The van der Waals surface area contributed by atoms with Gasteiger partial charge in [-0.15, -0.1) is 0 Å². The van der Waals surface area contributed by atoms with Crippen molar-refractivity contribution in [1.29, 1.82) is 0 Å². The van der Waals surface area contributed by atoms with E-state index in [0.717, 1.165) is 0 Å². The van der Waals surface area contributed by atoms with Gasteiger partial charge in [0.2, 0.25) is 5.88 Å². The topological polar surface area (TPSA) is 68.7 Å². The summed E-state index contributed by atoms with van der Waals surface area (Å²) in [5.41, 5.74) is -0.0226. The number of aromatic carboxylic acids is 1. The van der Waals surface area contributed by atoms with Crippen molar-refractivity contribution in [1.82, 2.24) is 4.98 Å². The normalized spacial score (nSPS) is 10.5. The number of carboxylic acid groups (broad SMARTS) is 1. The molecule has 0 saturated heterocycles. The van der Waals surface area contributed by atoms with E-state index in [1.54, 1.807) is 12.1 Å². The lowest BCUT2D eigenvalue weighted by molar-refractivity contribution is 0.0685. The molecule has 0 aliphatic rings. The van der Waals surface area contributed by atoms with Crippen LogP contribution in [0, 0.1) is 5.92 Å². The molecule has 1 rings (SSSR count). The Morgan fingerprint density at radius 1 is 1.41 bits per heavy atom. The first-order chi connectivity index (χ1) is 8.09. The molecule has 0 amide bonds. The summed E-state index contributed by atoms with van der Waals surface area (Å²) in [7, 11) is 0. The summed E-state index contributed by atoms with van der Waals surface area (Å²) >= 11 is 0. The van der Waals surface area contributed by atoms with E-state index in [4.69, 9.17) is 14.6 Å². The zero-order chi connectivity index (χ0) is 12.7. The van der Waals surface area contributed by atoms with Gasteiger partial charge in [0.05, 0.1) is 6.61 Å². The molecule has 0 saturated carbocycles. The predicted octanol–water partition coefficient (Wildman–Crippen LogP) is 1.83. The molecule has 1 N–H and O–H groups in total. The first kappa shape index (κ1) is 13.4. The third-order valence-electron chi connectivity index (χ3n) is 1.87. The van der Waals surface area contributed by atoms with Crippen molar-refractivity contribution in [3.63, 3.8) is 0 Å². The van der Waals surface area contributed by atoms with E-state index in [2.05, 4.69) is 18.8 Å². The molecule has 0 aromatic carbocycles. The molecule has 17 heavy (non-hydrogen) atoms. The molecule has 0 fully saturated rings. The monoisotopic (exact) mass is 239 g/mol. The van der Waals surface area contributed by atoms with Gasteiger partial charge in [0.25, 0.3) is 0 Å². The highest BCUT2D eigenvalue weighted by Gasteiger charge is 2.05. The average Bonchev–Trinajstić information content (AvgIpc) is 2.28. The highest BCUT2D eigenvalue weighted by Crippen LogP contribution is 2.07. The van der Waals surface area contributed by atoms with Gasteiger partial charge in [-0.25, -0.2) is 9.78 Å². The van der Waals surface area contributed by atoms with Crippen LogP contribution in [0.25, 0.3) is 0 Å². The van der Waals surface area contributed by atoms with Crippen molar-refractivity contribution in [3.8, 4) is 5.88 Å². The summed E-state index contributed by atoms with van der Waals surface area (Å²) in [5.74, 6) is -0.270. The molecular weight excluding hydrogens is 222 g/mol. The predicted molar refractivity (Wildman–Crippen MR) is 62.3 cm³/mol. The molecule has 94 valence electrons. The minimum absolute atomic E-state index is 0.0226. The number of carboxylic acids is 1. The number of nitrogens with zero attached hydrogens (tertiary/aromatic N) is 1. The minimum atomic E-state index is -1.06. The third kappa shape index (κ3) is 5.31. The quantitative estimate of drug-likeness (QED) is 0.735. The molecule has 5 heteroatoms. The molecule has 0 aliphatic heterocycles. The molecule has 1 aromatic heterocycles. The lowest BCUT2D eigenvalue weighted by atomic mass is 10.2. The van der Waals surface area contributed by atoms with Gasteiger partial charge in [-0.3, -0.25) is 0 Å². The van der Waals surface area contributed by atoms with Gasteiger partial charge in [0, 0.05) is 12.7 Å². The van der Waals surface area contributed by atoms with Crippen molar-refractivity contribution in [2.75, 3.05) is 19.8 Å². The largest absolute Gasteiger partial charge is 0.477 e. The maximum Gasteiger partial charge on any atom is 0.354 e. The van der Waals surface area contributed by atoms with Crippen molar-refractivity contribution in [3.05, 3.63) is 23.9 Å². The number of pyridine rings is 1. The van der Waals surface area contributed by atoms with E-state index in [9.17, 15) is 4.79 Å². The molecule has 1 aromatic rings. The summed E-state index contributed by atoms with van der Waals surface area (Å²) < 4.78 is 10.6. The van der Waals surface area contributed by atoms with Crippen LogP contribution in [0.5, 0.6) is 5.88 Å². The SMILES string of the molecule is CC(C)COCCOc1cccc(C(=O)O)n1. The maximum atomic E-state index is 10.7. The minimum Gasteiger partial charge on any atom is -0.477 e. The number of aromatic nitrogens is 1. The number of carbonyl (C=O) groups is 1. The van der Waals surface area contributed by atoms with Gasteiger partial charge in [-0.05, 0) is 12.0 Å². The lowest BCUT2D eigenvalue weighted by Gasteiger charge is -2.08. The molecule has 5 nitrogen and oxygen atoms in total. The Kier molecular flexibility index (Phi) is 5.42. The molecular formula is C12H17NO4. The first-order valence-electron chi connectivity index (χ1n) is 5.50. The molecule has 0 spiro atoms. The van der Waals surface area contributed by atoms with Gasteiger partial charge in [0.15, 0.2) is 5.69 Å². The summed E-state index contributed by atoms with van der Waals surface area (Å²) in [5, 5.41) is 8.74. The van der Waals surface area contributed by atoms with Crippen LogP contribution in [0.2, 0.25) is 0 Å². The summed E-state index contributed by atoms with van der Waals surface area (Å²) in [6.07, 6.45) is 0. The van der Waals surface area contributed by atoms with Crippen LogP contribution in [0.15, 0.2) is 18.2 Å². The van der Waals surface area contributed by atoms with Crippen LogP contribution in [0.1, 0.15) is 24.3 Å². The Balaban J connectivity index is 2.31.